The van der Waals surface area contributed by atoms with Crippen molar-refractivity contribution in [3.8, 4) is 0 Å². The first kappa shape index (κ1) is 25.6. The van der Waals surface area contributed by atoms with Crippen molar-refractivity contribution < 1.29 is 19.1 Å². The Bertz CT molecular complexity index is 1520. The quantitative estimate of drug-likeness (QED) is 0.269. The Morgan fingerprint density at radius 2 is 1.15 bits per heavy atom. The number of fused-ring (bicyclic) bond motifs is 1. The molecule has 0 aromatic heterocycles. The van der Waals surface area contributed by atoms with Crippen molar-refractivity contribution in [1.29, 1.82) is 0 Å². The molecule has 6 rings (SSSR count). The van der Waals surface area contributed by atoms with Gasteiger partial charge in [0.05, 0.1) is 20.3 Å². The highest BCUT2D eigenvalue weighted by molar-refractivity contribution is 5.99. The second-order valence-corrected chi connectivity index (χ2v) is 10.3. The summed E-state index contributed by atoms with van der Waals surface area (Å²) in [5, 5.41) is 0. The van der Waals surface area contributed by atoms with E-state index in [2.05, 4.69) is 29.2 Å². The van der Waals surface area contributed by atoms with Gasteiger partial charge in [-0.1, -0.05) is 115 Å². The first-order chi connectivity index (χ1) is 19.6. The zero-order valence-electron chi connectivity index (χ0n) is 22.5. The standard InChI is InChI=1S/C35H31NO4/c1-39-33(37)28-23-29(24-15-7-3-8-16-24)35(34(38)40-2)31(28)30(25-17-9-4-10-18-25)32(26-19-11-5-12-20-26)36(35)27-21-13-6-14-22-27/h3-23,29-32H,1-2H3/t29-,30-,31?,32-,35-/m1/s1. The molecule has 5 nitrogen and oxygen atoms in total. The third-order valence-corrected chi connectivity index (χ3v) is 8.46. The summed E-state index contributed by atoms with van der Waals surface area (Å²) in [7, 11) is 2.83. The monoisotopic (exact) mass is 529 g/mol. The molecule has 1 aliphatic heterocycles. The van der Waals surface area contributed by atoms with Crippen LogP contribution in [0, 0.1) is 5.92 Å². The minimum atomic E-state index is -1.26. The summed E-state index contributed by atoms with van der Waals surface area (Å²) in [6.07, 6.45) is 1.94. The van der Waals surface area contributed by atoms with E-state index < -0.39 is 23.3 Å². The van der Waals surface area contributed by atoms with Crippen LogP contribution in [-0.2, 0) is 19.1 Å². The number of rotatable bonds is 6. The molecule has 1 aliphatic carbocycles. The number of carbonyl (C=O) groups is 2. The summed E-state index contributed by atoms with van der Waals surface area (Å²) < 4.78 is 11.1. The number of ether oxygens (including phenoxy) is 2. The molecule has 1 unspecified atom stereocenters. The molecule has 1 fully saturated rings. The first-order valence-electron chi connectivity index (χ1n) is 13.5. The van der Waals surface area contributed by atoms with Crippen LogP contribution in [0.3, 0.4) is 0 Å². The lowest BCUT2D eigenvalue weighted by molar-refractivity contribution is -0.148. The first-order valence-corrected chi connectivity index (χ1v) is 13.5. The van der Waals surface area contributed by atoms with E-state index in [0.717, 1.165) is 22.4 Å². The van der Waals surface area contributed by atoms with Crippen LogP contribution in [0.1, 0.15) is 34.6 Å². The lowest BCUT2D eigenvalue weighted by Gasteiger charge is -2.44. The molecule has 0 N–H and O–H groups in total. The molecule has 0 spiro atoms. The topological polar surface area (TPSA) is 55.8 Å². The largest absolute Gasteiger partial charge is 0.467 e. The highest BCUT2D eigenvalue weighted by Crippen LogP contribution is 2.66. The van der Waals surface area contributed by atoms with Gasteiger partial charge in [0.25, 0.3) is 0 Å². The molecule has 0 bridgehead atoms. The number of methoxy groups -OCH3 is 2. The highest BCUT2D eigenvalue weighted by atomic mass is 16.5. The van der Waals surface area contributed by atoms with Gasteiger partial charge in [-0.15, -0.1) is 0 Å². The average molecular weight is 530 g/mol. The van der Waals surface area contributed by atoms with Crippen molar-refractivity contribution in [2.75, 3.05) is 19.1 Å². The number of nitrogens with zero attached hydrogens (tertiary/aromatic N) is 1. The van der Waals surface area contributed by atoms with E-state index in [1.807, 2.05) is 103 Å². The van der Waals surface area contributed by atoms with Crippen molar-refractivity contribution in [1.82, 2.24) is 0 Å². The molecule has 5 atom stereocenters. The minimum Gasteiger partial charge on any atom is -0.467 e. The van der Waals surface area contributed by atoms with E-state index in [1.165, 1.54) is 14.2 Å². The molecule has 1 heterocycles. The van der Waals surface area contributed by atoms with Crippen molar-refractivity contribution >= 4 is 17.6 Å². The van der Waals surface area contributed by atoms with Crippen LogP contribution in [0.15, 0.2) is 133 Å². The van der Waals surface area contributed by atoms with E-state index in [-0.39, 0.29) is 17.9 Å². The Labute approximate surface area is 234 Å². The SMILES string of the molecule is COC(=O)C1=C[C@H](c2ccccc2)[C@]2(C(=O)OC)C1[C@@H](c1ccccc1)[C@@H](c1ccccc1)N2c1ccccc1. The summed E-state index contributed by atoms with van der Waals surface area (Å²) >= 11 is 0. The summed E-state index contributed by atoms with van der Waals surface area (Å²) in [4.78, 5) is 30.4. The lowest BCUT2D eigenvalue weighted by atomic mass is 9.70. The maximum Gasteiger partial charge on any atom is 0.333 e. The van der Waals surface area contributed by atoms with Gasteiger partial charge >= 0.3 is 11.9 Å². The fourth-order valence-electron chi connectivity index (χ4n) is 7.04. The Hall–Kier alpha value is -4.64. The van der Waals surface area contributed by atoms with E-state index in [0.29, 0.717) is 5.57 Å². The molecule has 2 aliphatic rings. The van der Waals surface area contributed by atoms with Crippen LogP contribution in [0.4, 0.5) is 5.69 Å². The predicted molar refractivity (Wildman–Crippen MR) is 155 cm³/mol. The molecule has 4 aromatic rings. The Morgan fingerprint density at radius 1 is 0.650 bits per heavy atom. The average Bonchev–Trinajstić information content (AvgIpc) is 3.53. The van der Waals surface area contributed by atoms with E-state index in [4.69, 9.17) is 9.47 Å². The summed E-state index contributed by atoms with van der Waals surface area (Å²) in [5.41, 5.74) is 3.13. The maximum absolute atomic E-state index is 14.5. The zero-order chi connectivity index (χ0) is 27.7. The summed E-state index contributed by atoms with van der Waals surface area (Å²) in [6, 6.07) is 40.0. The van der Waals surface area contributed by atoms with E-state index in [9.17, 15) is 9.59 Å². The van der Waals surface area contributed by atoms with Crippen LogP contribution >= 0.6 is 0 Å². The molecule has 0 saturated carbocycles. The Morgan fingerprint density at radius 3 is 1.68 bits per heavy atom. The third-order valence-electron chi connectivity index (χ3n) is 8.46. The van der Waals surface area contributed by atoms with Gasteiger partial charge in [0.2, 0.25) is 0 Å². The van der Waals surface area contributed by atoms with Crippen molar-refractivity contribution in [3.63, 3.8) is 0 Å². The number of anilines is 1. The molecule has 200 valence electrons. The van der Waals surface area contributed by atoms with Gasteiger partial charge < -0.3 is 14.4 Å². The number of esters is 2. The minimum absolute atomic E-state index is 0.262. The molecule has 40 heavy (non-hydrogen) atoms. The normalized spacial score (nSPS) is 25.1. The molecular weight excluding hydrogens is 498 g/mol. The summed E-state index contributed by atoms with van der Waals surface area (Å²) in [6.45, 7) is 0. The Balaban J connectivity index is 1.75. The third kappa shape index (κ3) is 3.84. The predicted octanol–water partition coefficient (Wildman–Crippen LogP) is 6.46. The molecule has 4 aromatic carbocycles. The van der Waals surface area contributed by atoms with Gasteiger partial charge in [-0.25, -0.2) is 9.59 Å². The molecule has 5 heteroatoms. The maximum atomic E-state index is 14.5. The van der Waals surface area contributed by atoms with Crippen molar-refractivity contribution in [3.05, 3.63) is 150 Å². The smallest absolute Gasteiger partial charge is 0.333 e. The number of carbonyl (C=O) groups excluding carboxylic acids is 2. The zero-order valence-corrected chi connectivity index (χ0v) is 22.5. The number of hydrogen-bond donors (Lipinski definition) is 0. The van der Waals surface area contributed by atoms with Crippen molar-refractivity contribution in [2.24, 2.45) is 5.92 Å². The van der Waals surface area contributed by atoms with Gasteiger partial charge in [-0.05, 0) is 28.8 Å². The second-order valence-electron chi connectivity index (χ2n) is 10.3. The Kier molecular flexibility index (Phi) is 6.72. The molecule has 0 amide bonds. The van der Waals surface area contributed by atoms with Crippen LogP contribution < -0.4 is 4.90 Å². The van der Waals surface area contributed by atoms with Gasteiger partial charge in [0.15, 0.2) is 5.54 Å². The van der Waals surface area contributed by atoms with E-state index in [1.54, 1.807) is 0 Å². The van der Waals surface area contributed by atoms with Gasteiger partial charge in [0.1, 0.15) is 0 Å². The molecular formula is C35H31NO4. The number of benzene rings is 4. The molecule has 0 radical (unpaired) electrons. The number of para-hydroxylation sites is 1. The van der Waals surface area contributed by atoms with Crippen LogP contribution in [0.25, 0.3) is 0 Å². The molecule has 1 saturated heterocycles. The fraction of sp³-hybridized carbons (Fsp3) is 0.200. The number of hydrogen-bond acceptors (Lipinski definition) is 5. The van der Waals surface area contributed by atoms with Crippen LogP contribution in [0.5, 0.6) is 0 Å². The highest BCUT2D eigenvalue weighted by Gasteiger charge is 2.71. The van der Waals surface area contributed by atoms with Crippen LogP contribution in [0.2, 0.25) is 0 Å². The second kappa shape index (κ2) is 10.5. The lowest BCUT2D eigenvalue weighted by Crippen LogP contribution is -2.58. The van der Waals surface area contributed by atoms with Gasteiger partial charge in [-0.2, -0.15) is 0 Å². The van der Waals surface area contributed by atoms with Crippen molar-refractivity contribution in [2.45, 2.75) is 23.4 Å². The fourth-order valence-corrected chi connectivity index (χ4v) is 7.04. The van der Waals surface area contributed by atoms with E-state index >= 15 is 0 Å². The summed E-state index contributed by atoms with van der Waals surface area (Å²) in [5.74, 6) is -2.10. The van der Waals surface area contributed by atoms with Gasteiger partial charge in [0, 0.05) is 29.0 Å². The van der Waals surface area contributed by atoms with Gasteiger partial charge in [-0.3, -0.25) is 0 Å². The van der Waals surface area contributed by atoms with Crippen LogP contribution in [-0.4, -0.2) is 31.7 Å².